The molecule has 94 valence electrons. The Morgan fingerprint density at radius 1 is 1.33 bits per heavy atom. The minimum atomic E-state index is -0.905. The molecule has 1 aromatic carbocycles. The first-order chi connectivity index (χ1) is 8.58. The Balaban J connectivity index is 2.02. The van der Waals surface area contributed by atoms with Crippen LogP contribution in [0.3, 0.4) is 0 Å². The first-order valence-corrected chi connectivity index (χ1v) is 6.37. The molecule has 0 saturated heterocycles. The van der Waals surface area contributed by atoms with Crippen molar-refractivity contribution in [3.05, 3.63) is 41.2 Å². The Labute approximate surface area is 109 Å². The summed E-state index contributed by atoms with van der Waals surface area (Å²) in [6, 6.07) is 6.86. The maximum absolute atomic E-state index is 10.7. The Bertz CT molecular complexity index is 563. The number of hydrogen-bond acceptors (Lipinski definition) is 4. The van der Waals surface area contributed by atoms with Crippen molar-refractivity contribution in [1.82, 2.24) is 14.8 Å². The van der Waals surface area contributed by atoms with E-state index in [0.29, 0.717) is 5.56 Å². The molecule has 18 heavy (non-hydrogen) atoms. The van der Waals surface area contributed by atoms with Gasteiger partial charge in [0.2, 0.25) is 0 Å². The van der Waals surface area contributed by atoms with Gasteiger partial charge in [-0.05, 0) is 24.6 Å². The summed E-state index contributed by atoms with van der Waals surface area (Å²) < 4.78 is 1.93. The normalized spacial score (nSPS) is 10.6. The van der Waals surface area contributed by atoms with Crippen LogP contribution in [0.2, 0.25) is 0 Å². The van der Waals surface area contributed by atoms with Gasteiger partial charge in [0.25, 0.3) is 0 Å². The van der Waals surface area contributed by atoms with Gasteiger partial charge in [0.1, 0.15) is 5.82 Å². The lowest BCUT2D eigenvalue weighted by Crippen LogP contribution is -1.96. The standard InChI is InChI=1S/C12H13N3O2S/c1-8-13-14-12(15(8)2)18-7-9-3-5-10(6-4-9)11(16)17/h3-6H,7H2,1-2H3,(H,16,17). The van der Waals surface area contributed by atoms with Crippen LogP contribution in [0.1, 0.15) is 21.7 Å². The van der Waals surface area contributed by atoms with E-state index >= 15 is 0 Å². The van der Waals surface area contributed by atoms with Gasteiger partial charge in [-0.1, -0.05) is 23.9 Å². The van der Waals surface area contributed by atoms with Crippen molar-refractivity contribution in [2.75, 3.05) is 0 Å². The Kier molecular flexibility index (Phi) is 3.66. The predicted molar refractivity (Wildman–Crippen MR) is 68.7 cm³/mol. The fourth-order valence-corrected chi connectivity index (χ4v) is 2.32. The lowest BCUT2D eigenvalue weighted by Gasteiger charge is -2.02. The third-order valence-electron chi connectivity index (χ3n) is 2.62. The fourth-order valence-electron chi connectivity index (χ4n) is 1.40. The second-order valence-electron chi connectivity index (χ2n) is 3.88. The molecule has 0 aliphatic heterocycles. The molecule has 0 radical (unpaired) electrons. The van der Waals surface area contributed by atoms with Gasteiger partial charge < -0.3 is 9.67 Å². The molecule has 5 nitrogen and oxygen atoms in total. The number of aromatic carboxylic acids is 1. The highest BCUT2D eigenvalue weighted by Crippen LogP contribution is 2.21. The predicted octanol–water partition coefficient (Wildman–Crippen LogP) is 2.11. The van der Waals surface area contributed by atoms with Gasteiger partial charge in [-0.15, -0.1) is 10.2 Å². The van der Waals surface area contributed by atoms with Crippen LogP contribution < -0.4 is 0 Å². The summed E-state index contributed by atoms with van der Waals surface area (Å²) in [6.07, 6.45) is 0. The summed E-state index contributed by atoms with van der Waals surface area (Å²) in [4.78, 5) is 10.7. The number of nitrogens with zero attached hydrogens (tertiary/aromatic N) is 3. The molecule has 6 heteroatoms. The first-order valence-electron chi connectivity index (χ1n) is 5.39. The second-order valence-corrected chi connectivity index (χ2v) is 4.82. The fraction of sp³-hybridized carbons (Fsp3) is 0.250. The van der Waals surface area contributed by atoms with Crippen molar-refractivity contribution in [3.63, 3.8) is 0 Å². The smallest absolute Gasteiger partial charge is 0.335 e. The molecule has 0 atom stereocenters. The van der Waals surface area contributed by atoms with Crippen molar-refractivity contribution >= 4 is 17.7 Å². The van der Waals surface area contributed by atoms with Crippen LogP contribution in [0.5, 0.6) is 0 Å². The number of carbonyl (C=O) groups is 1. The minimum absolute atomic E-state index is 0.304. The minimum Gasteiger partial charge on any atom is -0.478 e. The van der Waals surface area contributed by atoms with Crippen molar-refractivity contribution < 1.29 is 9.90 Å². The van der Waals surface area contributed by atoms with E-state index in [4.69, 9.17) is 5.11 Å². The van der Waals surface area contributed by atoms with E-state index in [0.717, 1.165) is 22.3 Å². The maximum atomic E-state index is 10.7. The van der Waals surface area contributed by atoms with E-state index in [1.165, 1.54) is 0 Å². The van der Waals surface area contributed by atoms with Crippen molar-refractivity contribution in [2.24, 2.45) is 7.05 Å². The highest BCUT2D eigenvalue weighted by Gasteiger charge is 2.06. The molecule has 0 bridgehead atoms. The number of hydrogen-bond donors (Lipinski definition) is 1. The highest BCUT2D eigenvalue weighted by atomic mass is 32.2. The quantitative estimate of drug-likeness (QED) is 0.856. The van der Waals surface area contributed by atoms with Gasteiger partial charge in [0.15, 0.2) is 5.16 Å². The monoisotopic (exact) mass is 263 g/mol. The van der Waals surface area contributed by atoms with E-state index in [2.05, 4.69) is 10.2 Å². The van der Waals surface area contributed by atoms with Crippen LogP contribution >= 0.6 is 11.8 Å². The van der Waals surface area contributed by atoms with E-state index in [1.54, 1.807) is 23.9 Å². The van der Waals surface area contributed by atoms with Gasteiger partial charge in [-0.2, -0.15) is 0 Å². The van der Waals surface area contributed by atoms with Gasteiger partial charge in [0.05, 0.1) is 5.56 Å². The number of carboxylic acid groups (broad SMARTS) is 1. The third kappa shape index (κ3) is 2.70. The molecule has 0 aliphatic rings. The number of thioether (sulfide) groups is 1. The molecule has 2 aromatic rings. The number of aryl methyl sites for hydroxylation is 1. The van der Waals surface area contributed by atoms with Crippen molar-refractivity contribution in [2.45, 2.75) is 17.8 Å². The number of benzene rings is 1. The van der Waals surface area contributed by atoms with Gasteiger partial charge in [-0.3, -0.25) is 0 Å². The van der Waals surface area contributed by atoms with Crippen LogP contribution in [0.4, 0.5) is 0 Å². The molecule has 2 rings (SSSR count). The highest BCUT2D eigenvalue weighted by molar-refractivity contribution is 7.98. The van der Waals surface area contributed by atoms with Crippen LogP contribution in [0.15, 0.2) is 29.4 Å². The number of carboxylic acids is 1. The molecule has 0 fully saturated rings. The van der Waals surface area contributed by atoms with Crippen molar-refractivity contribution in [3.8, 4) is 0 Å². The van der Waals surface area contributed by atoms with Crippen LogP contribution in [0, 0.1) is 6.92 Å². The van der Waals surface area contributed by atoms with Gasteiger partial charge in [0, 0.05) is 12.8 Å². The average molecular weight is 263 g/mol. The summed E-state index contributed by atoms with van der Waals surface area (Å²) in [6.45, 7) is 1.90. The molecule has 1 heterocycles. The Morgan fingerprint density at radius 2 is 2.00 bits per heavy atom. The van der Waals surface area contributed by atoms with Crippen LogP contribution in [0.25, 0.3) is 0 Å². The zero-order valence-corrected chi connectivity index (χ0v) is 10.9. The number of aromatic nitrogens is 3. The molecule has 1 aromatic heterocycles. The van der Waals surface area contributed by atoms with Crippen LogP contribution in [-0.2, 0) is 12.8 Å². The third-order valence-corrected chi connectivity index (χ3v) is 3.71. The molecule has 0 amide bonds. The largest absolute Gasteiger partial charge is 0.478 e. The average Bonchev–Trinajstić information content (AvgIpc) is 2.68. The van der Waals surface area contributed by atoms with Gasteiger partial charge in [-0.25, -0.2) is 4.79 Å². The van der Waals surface area contributed by atoms with E-state index in [9.17, 15) is 4.79 Å². The van der Waals surface area contributed by atoms with E-state index in [1.807, 2.05) is 30.7 Å². The summed E-state index contributed by atoms with van der Waals surface area (Å²) in [5.74, 6) is 0.711. The molecular weight excluding hydrogens is 250 g/mol. The topological polar surface area (TPSA) is 68.0 Å². The first kappa shape index (κ1) is 12.6. The maximum Gasteiger partial charge on any atom is 0.335 e. The lowest BCUT2D eigenvalue weighted by atomic mass is 10.1. The lowest BCUT2D eigenvalue weighted by molar-refractivity contribution is 0.0697. The molecule has 1 N–H and O–H groups in total. The number of rotatable bonds is 4. The van der Waals surface area contributed by atoms with E-state index < -0.39 is 5.97 Å². The Hall–Kier alpha value is -1.82. The molecular formula is C12H13N3O2S. The summed E-state index contributed by atoms with van der Waals surface area (Å²) in [5.41, 5.74) is 1.36. The SMILES string of the molecule is Cc1nnc(SCc2ccc(C(=O)O)cc2)n1C. The molecule has 0 unspecified atom stereocenters. The van der Waals surface area contributed by atoms with Crippen LogP contribution in [-0.4, -0.2) is 25.8 Å². The van der Waals surface area contributed by atoms with Gasteiger partial charge >= 0.3 is 5.97 Å². The molecule has 0 saturated carbocycles. The zero-order chi connectivity index (χ0) is 13.1. The molecule has 0 spiro atoms. The van der Waals surface area contributed by atoms with E-state index in [-0.39, 0.29) is 0 Å². The summed E-state index contributed by atoms with van der Waals surface area (Å²) in [5, 5.41) is 17.7. The summed E-state index contributed by atoms with van der Waals surface area (Å²) >= 11 is 1.58. The molecule has 0 aliphatic carbocycles. The second kappa shape index (κ2) is 5.22. The summed E-state index contributed by atoms with van der Waals surface area (Å²) in [7, 11) is 1.92. The zero-order valence-electron chi connectivity index (χ0n) is 10.1. The van der Waals surface area contributed by atoms with Crippen molar-refractivity contribution in [1.29, 1.82) is 0 Å². The Morgan fingerprint density at radius 3 is 2.50 bits per heavy atom.